The summed E-state index contributed by atoms with van der Waals surface area (Å²) in [5.74, 6) is -0.296. The number of hydrogen-bond donors (Lipinski definition) is 1. The molecule has 19 heavy (non-hydrogen) atoms. The second kappa shape index (κ2) is 6.04. The van der Waals surface area contributed by atoms with Gasteiger partial charge in [-0.2, -0.15) is 0 Å². The summed E-state index contributed by atoms with van der Waals surface area (Å²) in [6, 6.07) is 10.1. The lowest BCUT2D eigenvalue weighted by molar-refractivity contribution is 0.622. The van der Waals surface area contributed by atoms with Crippen LogP contribution in [0.2, 0.25) is 5.02 Å². The predicted octanol–water partition coefficient (Wildman–Crippen LogP) is 4.79. The summed E-state index contributed by atoms with van der Waals surface area (Å²) in [6.45, 7) is 2.01. The quantitative estimate of drug-likeness (QED) is 0.852. The lowest BCUT2D eigenvalue weighted by Crippen LogP contribution is -2.14. The van der Waals surface area contributed by atoms with E-state index in [1.165, 1.54) is 12.1 Å². The molecule has 100 valence electrons. The molecule has 1 unspecified atom stereocenters. The molecule has 0 fully saturated rings. The zero-order chi connectivity index (χ0) is 14.0. The van der Waals surface area contributed by atoms with E-state index in [1.54, 1.807) is 6.07 Å². The van der Waals surface area contributed by atoms with Crippen LogP contribution in [0.4, 0.5) is 4.39 Å². The molecule has 2 aromatic rings. The Morgan fingerprint density at radius 1 is 1.32 bits per heavy atom. The Kier molecular flexibility index (Phi) is 4.61. The average molecular weight is 343 g/mol. The van der Waals surface area contributed by atoms with Gasteiger partial charge >= 0.3 is 0 Å². The molecule has 0 radical (unpaired) electrons. The van der Waals surface area contributed by atoms with Crippen molar-refractivity contribution in [2.24, 2.45) is 5.73 Å². The van der Waals surface area contributed by atoms with Crippen LogP contribution < -0.4 is 5.73 Å². The highest BCUT2D eigenvalue weighted by molar-refractivity contribution is 9.10. The number of aryl methyl sites for hydroxylation is 1. The third-order valence-electron chi connectivity index (χ3n) is 3.07. The Balaban J connectivity index is 2.28. The summed E-state index contributed by atoms with van der Waals surface area (Å²) in [5.41, 5.74) is 9.05. The number of nitrogens with two attached hydrogens (primary N) is 1. The van der Waals surface area contributed by atoms with Gasteiger partial charge in [-0.1, -0.05) is 45.7 Å². The largest absolute Gasteiger partial charge is 0.324 e. The van der Waals surface area contributed by atoms with Crippen molar-refractivity contribution in [2.75, 3.05) is 0 Å². The van der Waals surface area contributed by atoms with Gasteiger partial charge in [-0.15, -0.1) is 0 Å². The number of hydrogen-bond acceptors (Lipinski definition) is 1. The van der Waals surface area contributed by atoms with Crippen LogP contribution in [-0.2, 0) is 6.42 Å². The van der Waals surface area contributed by atoms with Crippen molar-refractivity contribution in [2.45, 2.75) is 19.4 Å². The molecule has 0 spiro atoms. The number of benzene rings is 2. The van der Waals surface area contributed by atoms with Crippen molar-refractivity contribution >= 4 is 27.5 Å². The molecule has 0 bridgehead atoms. The normalized spacial score (nSPS) is 12.5. The topological polar surface area (TPSA) is 26.0 Å². The Bertz CT molecular complexity index is 601. The molecule has 2 rings (SSSR count). The van der Waals surface area contributed by atoms with Gasteiger partial charge in [0.1, 0.15) is 5.82 Å². The van der Waals surface area contributed by atoms with Crippen LogP contribution in [-0.4, -0.2) is 0 Å². The van der Waals surface area contributed by atoms with E-state index in [9.17, 15) is 4.39 Å². The third-order valence-corrected chi connectivity index (χ3v) is 4.52. The van der Waals surface area contributed by atoms with Gasteiger partial charge in [0.2, 0.25) is 0 Å². The van der Waals surface area contributed by atoms with Crippen molar-refractivity contribution < 1.29 is 4.39 Å². The van der Waals surface area contributed by atoms with E-state index in [0.717, 1.165) is 21.2 Å². The van der Waals surface area contributed by atoms with Crippen LogP contribution >= 0.6 is 27.5 Å². The number of halogens is 3. The highest BCUT2D eigenvalue weighted by atomic mass is 79.9. The molecule has 0 aliphatic heterocycles. The number of rotatable bonds is 3. The second-order valence-corrected chi connectivity index (χ2v) is 5.72. The molecule has 0 aliphatic rings. The first-order chi connectivity index (χ1) is 8.99. The maximum absolute atomic E-state index is 13.2. The van der Waals surface area contributed by atoms with Crippen LogP contribution in [0.15, 0.2) is 40.9 Å². The highest BCUT2D eigenvalue weighted by Crippen LogP contribution is 2.29. The lowest BCUT2D eigenvalue weighted by Gasteiger charge is -2.16. The third kappa shape index (κ3) is 3.35. The van der Waals surface area contributed by atoms with E-state index in [-0.39, 0.29) is 11.9 Å². The van der Waals surface area contributed by atoms with Crippen molar-refractivity contribution in [3.05, 3.63) is 68.4 Å². The van der Waals surface area contributed by atoms with Crippen molar-refractivity contribution in [1.82, 2.24) is 0 Å². The van der Waals surface area contributed by atoms with Gasteiger partial charge in [-0.05, 0) is 48.2 Å². The average Bonchev–Trinajstić information content (AvgIpc) is 2.37. The predicted molar refractivity (Wildman–Crippen MR) is 80.9 cm³/mol. The molecule has 2 N–H and O–H groups in total. The van der Waals surface area contributed by atoms with Gasteiger partial charge in [-0.3, -0.25) is 0 Å². The minimum Gasteiger partial charge on any atom is -0.324 e. The fourth-order valence-electron chi connectivity index (χ4n) is 2.00. The first-order valence-electron chi connectivity index (χ1n) is 5.93. The smallest absolute Gasteiger partial charge is 0.123 e. The SMILES string of the molecule is Cc1cccc(C(N)Cc2cc(F)ccc2Cl)c1Br. The minimum absolute atomic E-state index is 0.228. The molecule has 0 saturated carbocycles. The minimum atomic E-state index is -0.296. The first-order valence-corrected chi connectivity index (χ1v) is 7.10. The Morgan fingerprint density at radius 3 is 2.79 bits per heavy atom. The van der Waals surface area contributed by atoms with Crippen LogP contribution in [0.3, 0.4) is 0 Å². The lowest BCUT2D eigenvalue weighted by atomic mass is 9.98. The van der Waals surface area contributed by atoms with E-state index < -0.39 is 0 Å². The molecule has 0 saturated heterocycles. The molecular weight excluding hydrogens is 329 g/mol. The zero-order valence-electron chi connectivity index (χ0n) is 10.5. The Morgan fingerprint density at radius 2 is 2.05 bits per heavy atom. The van der Waals surface area contributed by atoms with Crippen molar-refractivity contribution in [3.8, 4) is 0 Å². The van der Waals surface area contributed by atoms with E-state index in [1.807, 2.05) is 25.1 Å². The summed E-state index contributed by atoms with van der Waals surface area (Å²) in [7, 11) is 0. The molecule has 0 aliphatic carbocycles. The van der Waals surface area contributed by atoms with Gasteiger partial charge in [0.15, 0.2) is 0 Å². The molecule has 0 amide bonds. The van der Waals surface area contributed by atoms with Gasteiger partial charge in [0.25, 0.3) is 0 Å². The monoisotopic (exact) mass is 341 g/mol. The summed E-state index contributed by atoms with van der Waals surface area (Å²) in [6.07, 6.45) is 0.499. The van der Waals surface area contributed by atoms with Gasteiger partial charge in [0, 0.05) is 15.5 Å². The fourth-order valence-corrected chi connectivity index (χ4v) is 2.76. The Hall–Kier alpha value is -0.900. The van der Waals surface area contributed by atoms with Gasteiger partial charge in [-0.25, -0.2) is 4.39 Å². The molecule has 0 heterocycles. The second-order valence-electron chi connectivity index (χ2n) is 4.52. The van der Waals surface area contributed by atoms with E-state index in [0.29, 0.717) is 11.4 Å². The standard InChI is InChI=1S/C15H14BrClFN/c1-9-3-2-4-12(15(9)16)14(19)8-10-7-11(18)5-6-13(10)17/h2-7,14H,8,19H2,1H3. The maximum atomic E-state index is 13.2. The van der Waals surface area contributed by atoms with Gasteiger partial charge in [0.05, 0.1) is 0 Å². The molecule has 2 aromatic carbocycles. The van der Waals surface area contributed by atoms with Crippen LogP contribution in [0, 0.1) is 12.7 Å². The molecule has 0 aromatic heterocycles. The van der Waals surface area contributed by atoms with Crippen LogP contribution in [0.25, 0.3) is 0 Å². The molecule has 1 nitrogen and oxygen atoms in total. The zero-order valence-corrected chi connectivity index (χ0v) is 12.8. The van der Waals surface area contributed by atoms with E-state index >= 15 is 0 Å². The summed E-state index contributed by atoms with van der Waals surface area (Å²) >= 11 is 9.60. The van der Waals surface area contributed by atoms with Gasteiger partial charge < -0.3 is 5.73 Å². The molecular formula is C15H14BrClFN. The summed E-state index contributed by atoms with van der Waals surface area (Å²) < 4.78 is 14.2. The molecule has 1 atom stereocenters. The fraction of sp³-hybridized carbons (Fsp3) is 0.200. The molecule has 4 heteroatoms. The summed E-state index contributed by atoms with van der Waals surface area (Å²) in [5, 5.41) is 0.542. The van der Waals surface area contributed by atoms with E-state index in [4.69, 9.17) is 17.3 Å². The van der Waals surface area contributed by atoms with Crippen molar-refractivity contribution in [1.29, 1.82) is 0 Å². The van der Waals surface area contributed by atoms with Crippen molar-refractivity contribution in [3.63, 3.8) is 0 Å². The Labute approximate surface area is 125 Å². The highest BCUT2D eigenvalue weighted by Gasteiger charge is 2.14. The van der Waals surface area contributed by atoms with Crippen LogP contribution in [0.5, 0.6) is 0 Å². The maximum Gasteiger partial charge on any atom is 0.123 e. The van der Waals surface area contributed by atoms with E-state index in [2.05, 4.69) is 15.9 Å². The first kappa shape index (κ1) is 14.5. The summed E-state index contributed by atoms with van der Waals surface area (Å²) in [4.78, 5) is 0. The van der Waals surface area contributed by atoms with Crippen LogP contribution in [0.1, 0.15) is 22.7 Å².